The molecule has 7 heteroatoms. The first-order valence-electron chi connectivity index (χ1n) is 9.91. The van der Waals surface area contributed by atoms with Gasteiger partial charge in [0, 0.05) is 16.8 Å². The third-order valence-electron chi connectivity index (χ3n) is 5.22. The Morgan fingerprint density at radius 1 is 1.00 bits per heavy atom. The number of aromatic amines is 1. The number of anilines is 1. The van der Waals surface area contributed by atoms with Crippen molar-refractivity contribution in [3.05, 3.63) is 94.7 Å². The quantitative estimate of drug-likeness (QED) is 0.473. The van der Waals surface area contributed by atoms with E-state index in [1.807, 2.05) is 61.5 Å². The number of para-hydroxylation sites is 1. The number of hydrogen-bond donors (Lipinski definition) is 2. The molecule has 0 fully saturated rings. The van der Waals surface area contributed by atoms with Gasteiger partial charge in [-0.2, -0.15) is 5.10 Å². The molecule has 0 unspecified atom stereocenters. The van der Waals surface area contributed by atoms with Crippen molar-refractivity contribution in [2.45, 2.75) is 13.3 Å². The molecule has 0 spiro atoms. The van der Waals surface area contributed by atoms with Crippen LogP contribution in [0.5, 0.6) is 0 Å². The molecule has 0 bridgehead atoms. The second-order valence-corrected chi connectivity index (χ2v) is 7.30. The molecule has 0 aliphatic rings. The molecule has 2 aromatic heterocycles. The Morgan fingerprint density at radius 2 is 1.74 bits per heavy atom. The van der Waals surface area contributed by atoms with E-state index in [2.05, 4.69) is 25.1 Å². The summed E-state index contributed by atoms with van der Waals surface area (Å²) in [5, 5.41) is 10.6. The number of H-pyrrole nitrogens is 1. The van der Waals surface area contributed by atoms with Crippen LogP contribution < -0.4 is 10.9 Å². The van der Waals surface area contributed by atoms with Gasteiger partial charge in [0.2, 0.25) is 5.91 Å². The van der Waals surface area contributed by atoms with Crippen molar-refractivity contribution in [3.8, 4) is 5.69 Å². The molecule has 0 saturated carbocycles. The molecular formula is C24H19N5O2. The lowest BCUT2D eigenvalue weighted by molar-refractivity contribution is -0.115. The van der Waals surface area contributed by atoms with Gasteiger partial charge in [-0.15, -0.1) is 0 Å². The number of hydrogen-bond acceptors (Lipinski definition) is 4. The van der Waals surface area contributed by atoms with Gasteiger partial charge in [0.1, 0.15) is 5.82 Å². The highest BCUT2D eigenvalue weighted by atomic mass is 16.1. The summed E-state index contributed by atoms with van der Waals surface area (Å²) in [6.45, 7) is 1.96. The fourth-order valence-electron chi connectivity index (χ4n) is 3.84. The summed E-state index contributed by atoms with van der Waals surface area (Å²) in [5.41, 5.74) is 3.72. The average Bonchev–Trinajstić information content (AvgIpc) is 3.11. The zero-order valence-electron chi connectivity index (χ0n) is 16.8. The highest BCUT2D eigenvalue weighted by Gasteiger charge is 2.13. The standard InChI is InChI=1S/C24H19N5O2/c1-15-25-21-13-16(11-12-22(21)29(15)17-7-3-2-4-8-17)26-23(30)14-20-18-9-5-6-10-19(18)24(31)28-27-20/h2-13H,14H2,1H3,(H,26,30)(H,28,31). The number of imidazole rings is 1. The summed E-state index contributed by atoms with van der Waals surface area (Å²) < 4.78 is 2.08. The maximum absolute atomic E-state index is 12.7. The predicted octanol–water partition coefficient (Wildman–Crippen LogP) is 3.75. The minimum atomic E-state index is -0.269. The number of rotatable bonds is 4. The van der Waals surface area contributed by atoms with E-state index in [4.69, 9.17) is 0 Å². The second kappa shape index (κ2) is 7.53. The van der Waals surface area contributed by atoms with Crippen molar-refractivity contribution in [2.24, 2.45) is 0 Å². The molecule has 0 radical (unpaired) electrons. The van der Waals surface area contributed by atoms with Crippen molar-refractivity contribution < 1.29 is 4.79 Å². The van der Waals surface area contributed by atoms with Gasteiger partial charge in [-0.1, -0.05) is 36.4 Å². The normalized spacial score (nSPS) is 11.1. The first kappa shape index (κ1) is 18.7. The van der Waals surface area contributed by atoms with E-state index < -0.39 is 0 Å². The Hall–Kier alpha value is -4.26. The van der Waals surface area contributed by atoms with Crippen molar-refractivity contribution in [3.63, 3.8) is 0 Å². The Morgan fingerprint density at radius 3 is 2.55 bits per heavy atom. The van der Waals surface area contributed by atoms with Gasteiger partial charge < -0.3 is 5.32 Å². The van der Waals surface area contributed by atoms with Crippen LogP contribution in [0.3, 0.4) is 0 Å². The summed E-state index contributed by atoms with van der Waals surface area (Å²) in [6, 6.07) is 22.8. The SMILES string of the molecule is Cc1nc2cc(NC(=O)Cc3n[nH]c(=O)c4ccccc34)ccc2n1-c1ccccc1. The molecule has 0 aliphatic heterocycles. The number of nitrogens with one attached hydrogen (secondary N) is 2. The Kier molecular flexibility index (Phi) is 4.55. The maximum Gasteiger partial charge on any atom is 0.272 e. The average molecular weight is 409 g/mol. The number of carbonyl (C=O) groups excluding carboxylic acids is 1. The van der Waals surface area contributed by atoms with Gasteiger partial charge in [-0.3, -0.25) is 14.2 Å². The summed E-state index contributed by atoms with van der Waals surface area (Å²) >= 11 is 0. The highest BCUT2D eigenvalue weighted by molar-refractivity contribution is 5.96. The molecule has 7 nitrogen and oxygen atoms in total. The second-order valence-electron chi connectivity index (χ2n) is 7.30. The van der Waals surface area contributed by atoms with Gasteiger partial charge in [-0.25, -0.2) is 10.1 Å². The lowest BCUT2D eigenvalue weighted by Gasteiger charge is -2.08. The van der Waals surface area contributed by atoms with Gasteiger partial charge in [0.05, 0.1) is 28.5 Å². The number of aryl methyl sites for hydroxylation is 1. The number of carbonyl (C=O) groups is 1. The van der Waals surface area contributed by atoms with Crippen LogP contribution in [0.2, 0.25) is 0 Å². The molecule has 0 saturated heterocycles. The minimum Gasteiger partial charge on any atom is -0.326 e. The Bertz CT molecular complexity index is 1480. The van der Waals surface area contributed by atoms with Crippen LogP contribution in [0.4, 0.5) is 5.69 Å². The molecule has 0 atom stereocenters. The molecule has 2 heterocycles. The van der Waals surface area contributed by atoms with Crippen LogP contribution in [0, 0.1) is 6.92 Å². The predicted molar refractivity (Wildman–Crippen MR) is 121 cm³/mol. The first-order chi connectivity index (χ1) is 15.1. The molecule has 3 aromatic carbocycles. The van der Waals surface area contributed by atoms with Gasteiger partial charge in [0.25, 0.3) is 5.56 Å². The minimum absolute atomic E-state index is 0.0484. The topological polar surface area (TPSA) is 92.7 Å². The van der Waals surface area contributed by atoms with Crippen molar-refractivity contribution in [1.29, 1.82) is 0 Å². The van der Waals surface area contributed by atoms with Gasteiger partial charge in [0.15, 0.2) is 0 Å². The molecule has 2 N–H and O–H groups in total. The summed E-state index contributed by atoms with van der Waals surface area (Å²) in [5.74, 6) is 0.650. The van der Waals surface area contributed by atoms with Crippen LogP contribution in [0.15, 0.2) is 77.6 Å². The number of aromatic nitrogens is 4. The number of nitrogens with zero attached hydrogens (tertiary/aromatic N) is 3. The van der Waals surface area contributed by atoms with Crippen LogP contribution in [0.1, 0.15) is 11.5 Å². The number of benzene rings is 3. The summed E-state index contributed by atoms with van der Waals surface area (Å²) in [7, 11) is 0. The van der Waals surface area contributed by atoms with E-state index in [9.17, 15) is 9.59 Å². The fourth-order valence-corrected chi connectivity index (χ4v) is 3.84. The zero-order valence-corrected chi connectivity index (χ0v) is 16.8. The zero-order chi connectivity index (χ0) is 21.4. The van der Waals surface area contributed by atoms with E-state index in [1.54, 1.807) is 18.2 Å². The van der Waals surface area contributed by atoms with Crippen LogP contribution in [-0.2, 0) is 11.2 Å². The maximum atomic E-state index is 12.7. The number of fused-ring (bicyclic) bond motifs is 2. The number of amides is 1. The molecule has 5 aromatic rings. The van der Waals surface area contributed by atoms with E-state index in [-0.39, 0.29) is 17.9 Å². The summed E-state index contributed by atoms with van der Waals surface area (Å²) in [4.78, 5) is 29.3. The molecule has 1 amide bonds. The Labute approximate surface area is 177 Å². The molecular weight excluding hydrogens is 390 g/mol. The highest BCUT2D eigenvalue weighted by Crippen LogP contribution is 2.24. The van der Waals surface area contributed by atoms with E-state index in [0.717, 1.165) is 22.5 Å². The van der Waals surface area contributed by atoms with E-state index in [1.165, 1.54) is 0 Å². The third-order valence-corrected chi connectivity index (χ3v) is 5.22. The first-order valence-corrected chi connectivity index (χ1v) is 9.91. The van der Waals surface area contributed by atoms with Crippen molar-refractivity contribution in [2.75, 3.05) is 5.32 Å². The van der Waals surface area contributed by atoms with Crippen molar-refractivity contribution >= 4 is 33.4 Å². The van der Waals surface area contributed by atoms with Crippen LogP contribution in [-0.4, -0.2) is 25.7 Å². The molecule has 152 valence electrons. The van der Waals surface area contributed by atoms with Crippen LogP contribution >= 0.6 is 0 Å². The molecule has 0 aliphatic carbocycles. The summed E-state index contributed by atoms with van der Waals surface area (Å²) in [6.07, 6.45) is 0.0484. The van der Waals surface area contributed by atoms with Crippen LogP contribution in [0.25, 0.3) is 27.5 Å². The van der Waals surface area contributed by atoms with Gasteiger partial charge in [-0.05, 0) is 43.3 Å². The lowest BCUT2D eigenvalue weighted by atomic mass is 10.1. The molecule has 5 rings (SSSR count). The van der Waals surface area contributed by atoms with E-state index in [0.29, 0.717) is 22.2 Å². The largest absolute Gasteiger partial charge is 0.326 e. The molecule has 31 heavy (non-hydrogen) atoms. The third kappa shape index (κ3) is 3.46. The van der Waals surface area contributed by atoms with Gasteiger partial charge >= 0.3 is 0 Å². The monoisotopic (exact) mass is 409 g/mol. The Balaban J connectivity index is 1.42. The lowest BCUT2D eigenvalue weighted by Crippen LogP contribution is -2.18. The fraction of sp³-hybridized carbons (Fsp3) is 0.0833. The van der Waals surface area contributed by atoms with E-state index >= 15 is 0 Å². The smallest absolute Gasteiger partial charge is 0.272 e. The van der Waals surface area contributed by atoms with Crippen molar-refractivity contribution in [1.82, 2.24) is 19.7 Å².